The number of nitrogens with one attached hydrogen (secondary N) is 1. The van der Waals surface area contributed by atoms with Crippen LogP contribution in [0.1, 0.15) is 27.7 Å². The monoisotopic (exact) mass is 457 g/mol. The summed E-state index contributed by atoms with van der Waals surface area (Å²) in [5.41, 5.74) is 2.34. The highest BCUT2D eigenvalue weighted by molar-refractivity contribution is 8.01. The van der Waals surface area contributed by atoms with Crippen molar-refractivity contribution in [1.82, 2.24) is 10.3 Å². The number of thioether (sulfide) groups is 1. The first-order valence-electron chi connectivity index (χ1n) is 7.75. The minimum Gasteiger partial charge on any atom is -0.456 e. The quantitative estimate of drug-likeness (QED) is 0.302. The van der Waals surface area contributed by atoms with Gasteiger partial charge in [-0.3, -0.25) is 9.69 Å². The Bertz CT molecular complexity index is 727. The number of rotatable bonds is 3. The molecule has 0 spiro atoms. The van der Waals surface area contributed by atoms with Gasteiger partial charge in [0.1, 0.15) is 23.3 Å². The molecule has 2 amide bonds. The van der Waals surface area contributed by atoms with Crippen LogP contribution in [0.4, 0.5) is 4.79 Å². The van der Waals surface area contributed by atoms with Crippen molar-refractivity contribution in [2.75, 3.05) is 12.4 Å². The Morgan fingerprint density at radius 1 is 1.33 bits per heavy atom. The van der Waals surface area contributed by atoms with E-state index >= 15 is 0 Å². The van der Waals surface area contributed by atoms with Gasteiger partial charge in [-0.1, -0.05) is 34.8 Å². The summed E-state index contributed by atoms with van der Waals surface area (Å²) in [7, 11) is 0. The first kappa shape index (κ1) is 22.1. The van der Waals surface area contributed by atoms with E-state index in [1.165, 1.54) is 16.7 Å². The number of esters is 1. The van der Waals surface area contributed by atoms with Gasteiger partial charge in [0.2, 0.25) is 3.79 Å². The molecule has 1 atom stereocenters. The zero-order valence-corrected chi connectivity index (χ0v) is 18.1. The maximum Gasteiger partial charge on any atom is 0.428 e. The zero-order chi connectivity index (χ0) is 20.6. The van der Waals surface area contributed by atoms with E-state index in [4.69, 9.17) is 44.3 Å². The molecule has 12 heteroatoms. The predicted octanol–water partition coefficient (Wildman–Crippen LogP) is 2.97. The topological polar surface area (TPSA) is 97.3 Å². The van der Waals surface area contributed by atoms with Gasteiger partial charge >= 0.3 is 12.1 Å². The number of fused-ring (bicyclic) bond motifs is 1. The summed E-state index contributed by atoms with van der Waals surface area (Å²) in [6.45, 7) is 6.37. The lowest BCUT2D eigenvalue weighted by Gasteiger charge is -2.44. The number of β-lactam (4-membered cyclic amide) rings is 1. The van der Waals surface area contributed by atoms with Gasteiger partial charge < -0.3 is 9.47 Å². The van der Waals surface area contributed by atoms with Gasteiger partial charge in [0.05, 0.1) is 0 Å². The molecule has 2 rings (SSSR count). The number of carbonyl (C=O) groups excluding carboxylic acids is 3. The van der Waals surface area contributed by atoms with Crippen LogP contribution in [-0.2, 0) is 19.1 Å². The van der Waals surface area contributed by atoms with Crippen molar-refractivity contribution in [2.45, 2.75) is 42.5 Å². The summed E-state index contributed by atoms with van der Waals surface area (Å²) in [6.07, 6.45) is -0.781. The zero-order valence-electron chi connectivity index (χ0n) is 15.0. The van der Waals surface area contributed by atoms with Crippen LogP contribution < -0.4 is 5.43 Å². The highest BCUT2D eigenvalue weighted by Gasteiger charge is 2.51. The Hall–Kier alpha value is -1.16. The first-order chi connectivity index (χ1) is 12.3. The molecule has 2 aliphatic heterocycles. The first-order valence-corrected chi connectivity index (χ1v) is 9.94. The number of ether oxygens (including phenoxy) is 2. The molecule has 1 fully saturated rings. The van der Waals surface area contributed by atoms with Crippen molar-refractivity contribution in [3.8, 4) is 0 Å². The standard InChI is InChI=1S/C15H18Cl3N3O5S/c1-7-5-27-11-8(19-20-13(24)26-14(2,3)4)10(22)21(11)9(7)12(23)25-6-15(16,17)18/h11H,5-6H2,1-4H3,(H,20,24)/t11-/m0/s1. The van der Waals surface area contributed by atoms with Crippen LogP contribution in [0.25, 0.3) is 0 Å². The molecule has 2 heterocycles. The third kappa shape index (κ3) is 5.66. The Morgan fingerprint density at radius 2 is 1.96 bits per heavy atom. The van der Waals surface area contributed by atoms with Gasteiger partial charge in [0.15, 0.2) is 5.71 Å². The SMILES string of the molecule is CC1=C(C(=O)OCC(Cl)(Cl)Cl)N2C(=O)C(=NNC(=O)OC(C)(C)C)[C@@H]2SC1. The van der Waals surface area contributed by atoms with E-state index in [9.17, 15) is 14.4 Å². The summed E-state index contributed by atoms with van der Waals surface area (Å²) in [5.74, 6) is -0.821. The average Bonchev–Trinajstić information content (AvgIpc) is 2.50. The van der Waals surface area contributed by atoms with Crippen molar-refractivity contribution in [3.63, 3.8) is 0 Å². The summed E-state index contributed by atoms with van der Waals surface area (Å²) in [6, 6.07) is 0. The van der Waals surface area contributed by atoms with Gasteiger partial charge in [-0.05, 0) is 33.3 Å². The minimum atomic E-state index is -1.75. The van der Waals surface area contributed by atoms with Crippen molar-refractivity contribution >= 4 is 70.2 Å². The van der Waals surface area contributed by atoms with E-state index in [0.29, 0.717) is 11.3 Å². The number of hydrogen-bond acceptors (Lipinski definition) is 7. The lowest BCUT2D eigenvalue weighted by Crippen LogP contribution is -2.62. The highest BCUT2D eigenvalue weighted by Crippen LogP contribution is 2.39. The van der Waals surface area contributed by atoms with Crippen molar-refractivity contribution in [2.24, 2.45) is 5.10 Å². The summed E-state index contributed by atoms with van der Waals surface area (Å²) >= 11 is 18.1. The maximum atomic E-state index is 12.4. The molecule has 0 bridgehead atoms. The van der Waals surface area contributed by atoms with E-state index in [2.05, 4.69) is 10.5 Å². The molecule has 0 aromatic rings. The number of alkyl halides is 3. The largest absolute Gasteiger partial charge is 0.456 e. The van der Waals surface area contributed by atoms with E-state index in [1.54, 1.807) is 27.7 Å². The Balaban J connectivity index is 2.08. The lowest BCUT2D eigenvalue weighted by molar-refractivity contribution is -0.144. The van der Waals surface area contributed by atoms with E-state index in [1.807, 2.05) is 0 Å². The molecule has 0 aromatic heterocycles. The van der Waals surface area contributed by atoms with Crippen molar-refractivity contribution in [3.05, 3.63) is 11.3 Å². The molecule has 0 aromatic carbocycles. The third-order valence-electron chi connectivity index (χ3n) is 3.24. The van der Waals surface area contributed by atoms with Crippen LogP contribution >= 0.6 is 46.6 Å². The van der Waals surface area contributed by atoms with E-state index in [0.717, 1.165) is 0 Å². The molecule has 2 aliphatic rings. The Morgan fingerprint density at radius 3 is 2.52 bits per heavy atom. The van der Waals surface area contributed by atoms with Crippen LogP contribution in [0.5, 0.6) is 0 Å². The minimum absolute atomic E-state index is 0.0919. The van der Waals surface area contributed by atoms with Crippen LogP contribution in [0.2, 0.25) is 0 Å². The van der Waals surface area contributed by atoms with Gasteiger partial charge in [-0.2, -0.15) is 5.10 Å². The fourth-order valence-corrected chi connectivity index (χ4v) is 3.61. The molecular weight excluding hydrogens is 441 g/mol. The Labute approximate surface area is 175 Å². The van der Waals surface area contributed by atoms with Crippen molar-refractivity contribution < 1.29 is 23.9 Å². The smallest absolute Gasteiger partial charge is 0.428 e. The van der Waals surface area contributed by atoms with Crippen LogP contribution in [0.3, 0.4) is 0 Å². The van der Waals surface area contributed by atoms with Crippen LogP contribution in [0, 0.1) is 0 Å². The van der Waals surface area contributed by atoms with Gasteiger partial charge in [0.25, 0.3) is 5.91 Å². The maximum absolute atomic E-state index is 12.4. The van der Waals surface area contributed by atoms with Gasteiger partial charge in [-0.15, -0.1) is 11.8 Å². The molecule has 0 saturated carbocycles. The second-order valence-electron chi connectivity index (χ2n) is 6.77. The van der Waals surface area contributed by atoms with Gasteiger partial charge in [-0.25, -0.2) is 15.0 Å². The number of carbonyl (C=O) groups is 3. The average molecular weight is 459 g/mol. The predicted molar refractivity (Wildman–Crippen MR) is 104 cm³/mol. The second kappa shape index (κ2) is 8.06. The number of amides is 2. The number of nitrogens with zero attached hydrogens (tertiary/aromatic N) is 2. The molecule has 0 unspecified atom stereocenters. The Kier molecular flexibility index (Phi) is 6.61. The molecule has 27 heavy (non-hydrogen) atoms. The van der Waals surface area contributed by atoms with Crippen LogP contribution in [0.15, 0.2) is 16.4 Å². The fourth-order valence-electron chi connectivity index (χ4n) is 2.24. The van der Waals surface area contributed by atoms with Crippen LogP contribution in [-0.4, -0.2) is 55.7 Å². The van der Waals surface area contributed by atoms with E-state index in [-0.39, 0.29) is 11.4 Å². The van der Waals surface area contributed by atoms with Gasteiger partial charge in [0, 0.05) is 5.75 Å². The molecule has 0 radical (unpaired) electrons. The highest BCUT2D eigenvalue weighted by atomic mass is 35.6. The summed E-state index contributed by atoms with van der Waals surface area (Å²) < 4.78 is 8.28. The second-order valence-corrected chi connectivity index (χ2v) is 10.4. The number of hydrogen-bond donors (Lipinski definition) is 1. The summed E-state index contributed by atoms with van der Waals surface area (Å²) in [4.78, 5) is 37.7. The molecule has 1 N–H and O–H groups in total. The lowest BCUT2D eigenvalue weighted by atomic mass is 10.1. The van der Waals surface area contributed by atoms with E-state index < -0.39 is 39.3 Å². The molecule has 150 valence electrons. The fraction of sp³-hybridized carbons (Fsp3) is 0.600. The number of halogens is 3. The van der Waals surface area contributed by atoms with Crippen molar-refractivity contribution in [1.29, 1.82) is 0 Å². The normalized spacial score (nSPS) is 21.6. The molecule has 1 saturated heterocycles. The molecular formula is C15H18Cl3N3O5S. The summed E-state index contributed by atoms with van der Waals surface area (Å²) in [5, 5.41) is 3.30. The third-order valence-corrected chi connectivity index (χ3v) is 4.91. The molecule has 8 nitrogen and oxygen atoms in total. The molecule has 0 aliphatic carbocycles. The number of hydrazone groups is 1.